The molecule has 1 aromatic carbocycles. The first kappa shape index (κ1) is 23.9. The number of rotatable bonds is 11. The maximum absolute atomic E-state index is 12.7. The minimum Gasteiger partial charge on any atom is -0.508 e. The van der Waals surface area contributed by atoms with Crippen LogP contribution in [0.3, 0.4) is 0 Å². The van der Waals surface area contributed by atoms with E-state index in [1.807, 2.05) is 13.8 Å². The van der Waals surface area contributed by atoms with Crippen molar-refractivity contribution in [1.82, 2.24) is 10.6 Å². The fourth-order valence-corrected chi connectivity index (χ4v) is 2.63. The molecule has 0 spiro atoms. The zero-order valence-electron chi connectivity index (χ0n) is 16.4. The van der Waals surface area contributed by atoms with Gasteiger partial charge in [-0.15, -0.1) is 0 Å². The summed E-state index contributed by atoms with van der Waals surface area (Å²) in [6.45, 7) is 3.64. The lowest BCUT2D eigenvalue weighted by Gasteiger charge is -2.23. The summed E-state index contributed by atoms with van der Waals surface area (Å²) < 4.78 is 0. The summed E-state index contributed by atoms with van der Waals surface area (Å²) >= 11 is 0. The monoisotopic (exact) mass is 408 g/mol. The summed E-state index contributed by atoms with van der Waals surface area (Å²) in [4.78, 5) is 47.4. The van der Waals surface area contributed by atoms with E-state index in [1.54, 1.807) is 12.1 Å². The van der Waals surface area contributed by atoms with Crippen molar-refractivity contribution in [3.05, 3.63) is 29.8 Å². The minimum absolute atomic E-state index is 0.0190. The Morgan fingerprint density at radius 2 is 1.55 bits per heavy atom. The highest BCUT2D eigenvalue weighted by Gasteiger charge is 2.29. The maximum atomic E-state index is 12.7. The van der Waals surface area contributed by atoms with E-state index in [0.717, 1.165) is 0 Å². The van der Waals surface area contributed by atoms with Crippen molar-refractivity contribution in [3.8, 4) is 5.75 Å². The number of hydrogen-bond acceptors (Lipinski definition) is 6. The Labute approximate surface area is 168 Å². The van der Waals surface area contributed by atoms with Crippen LogP contribution in [-0.2, 0) is 25.6 Å². The van der Waals surface area contributed by atoms with Gasteiger partial charge in [-0.05, 0) is 30.0 Å². The number of aromatic hydroxyl groups is 1. The van der Waals surface area contributed by atoms with Crippen molar-refractivity contribution in [2.75, 3.05) is 0 Å². The van der Waals surface area contributed by atoms with Crippen LogP contribution < -0.4 is 22.1 Å². The topological polar surface area (TPSA) is 185 Å². The number of benzene rings is 1. The third-order valence-corrected chi connectivity index (χ3v) is 4.09. The Morgan fingerprint density at radius 3 is 2.03 bits per heavy atom. The molecule has 0 aromatic heterocycles. The second-order valence-electron chi connectivity index (χ2n) is 7.24. The van der Waals surface area contributed by atoms with Crippen molar-refractivity contribution >= 4 is 23.7 Å². The summed E-state index contributed by atoms with van der Waals surface area (Å²) in [7, 11) is 0. The minimum atomic E-state index is -1.24. The van der Waals surface area contributed by atoms with Gasteiger partial charge in [-0.1, -0.05) is 26.0 Å². The molecule has 3 amide bonds. The number of phenols is 1. The number of carboxylic acid groups (broad SMARTS) is 1. The van der Waals surface area contributed by atoms with Crippen LogP contribution in [0.2, 0.25) is 0 Å². The van der Waals surface area contributed by atoms with Gasteiger partial charge in [0, 0.05) is 6.42 Å². The first-order chi connectivity index (χ1) is 13.5. The maximum Gasteiger partial charge on any atom is 0.326 e. The van der Waals surface area contributed by atoms with Crippen LogP contribution in [0.4, 0.5) is 0 Å². The van der Waals surface area contributed by atoms with Gasteiger partial charge in [-0.3, -0.25) is 14.4 Å². The van der Waals surface area contributed by atoms with Gasteiger partial charge < -0.3 is 32.3 Å². The van der Waals surface area contributed by atoms with Gasteiger partial charge in [-0.25, -0.2) is 4.79 Å². The van der Waals surface area contributed by atoms with Gasteiger partial charge in [0.2, 0.25) is 17.7 Å². The zero-order chi connectivity index (χ0) is 22.1. The summed E-state index contributed by atoms with van der Waals surface area (Å²) in [6.07, 6.45) is -0.165. The summed E-state index contributed by atoms with van der Waals surface area (Å²) in [5.74, 6) is -3.37. The predicted octanol–water partition coefficient (Wildman–Crippen LogP) is -0.762. The van der Waals surface area contributed by atoms with Gasteiger partial charge in [0.1, 0.15) is 17.8 Å². The Bertz CT molecular complexity index is 735. The van der Waals surface area contributed by atoms with Crippen LogP contribution >= 0.6 is 0 Å². The Morgan fingerprint density at radius 1 is 1.00 bits per heavy atom. The molecule has 0 aliphatic carbocycles. The molecule has 0 saturated heterocycles. The van der Waals surface area contributed by atoms with Crippen LogP contribution in [0.15, 0.2) is 24.3 Å². The van der Waals surface area contributed by atoms with E-state index < -0.39 is 48.2 Å². The van der Waals surface area contributed by atoms with Crippen molar-refractivity contribution in [1.29, 1.82) is 0 Å². The molecular weight excluding hydrogens is 380 g/mol. The molecule has 0 radical (unpaired) electrons. The molecule has 1 aromatic rings. The summed E-state index contributed by atoms with van der Waals surface area (Å²) in [5.41, 5.74) is 11.3. The first-order valence-corrected chi connectivity index (χ1v) is 9.15. The lowest BCUT2D eigenvalue weighted by atomic mass is 10.0. The van der Waals surface area contributed by atoms with E-state index >= 15 is 0 Å². The molecule has 0 heterocycles. The van der Waals surface area contributed by atoms with E-state index in [0.29, 0.717) is 5.56 Å². The number of nitrogens with one attached hydrogen (secondary N) is 2. The number of amides is 3. The highest BCUT2D eigenvalue weighted by atomic mass is 16.4. The molecule has 10 nitrogen and oxygen atoms in total. The molecule has 10 heteroatoms. The molecule has 29 heavy (non-hydrogen) atoms. The van der Waals surface area contributed by atoms with Gasteiger partial charge in [0.25, 0.3) is 0 Å². The molecule has 0 unspecified atom stereocenters. The standard InChI is InChI=1S/C19H28N4O6/c1-10(2)7-15(19(28)29)23-18(27)14(8-11-3-5-12(24)6-4-11)22-17(26)13(20)9-16(21)25/h3-6,10,13-15,24H,7-9,20H2,1-2H3,(H2,21,25)(H,22,26)(H,23,27)(H,28,29)/t13-,14-,15-/m0/s1. The second-order valence-corrected chi connectivity index (χ2v) is 7.24. The first-order valence-electron chi connectivity index (χ1n) is 9.15. The number of primary amides is 1. The van der Waals surface area contributed by atoms with Crippen LogP contribution in [0.1, 0.15) is 32.3 Å². The molecule has 0 saturated carbocycles. The Balaban J connectivity index is 2.99. The Kier molecular flexibility index (Phi) is 9.07. The third kappa shape index (κ3) is 8.60. The molecule has 1 rings (SSSR count). The molecule has 0 aliphatic heterocycles. The van der Waals surface area contributed by atoms with E-state index in [2.05, 4.69) is 10.6 Å². The van der Waals surface area contributed by atoms with Gasteiger partial charge in [-0.2, -0.15) is 0 Å². The fraction of sp³-hybridized carbons (Fsp3) is 0.474. The van der Waals surface area contributed by atoms with E-state index in [-0.39, 0.29) is 24.5 Å². The van der Waals surface area contributed by atoms with Crippen molar-refractivity contribution in [3.63, 3.8) is 0 Å². The van der Waals surface area contributed by atoms with Crippen LogP contribution in [-0.4, -0.2) is 52.0 Å². The molecular formula is C19H28N4O6. The highest BCUT2D eigenvalue weighted by molar-refractivity contribution is 5.93. The lowest BCUT2D eigenvalue weighted by Crippen LogP contribution is -2.55. The summed E-state index contributed by atoms with van der Waals surface area (Å²) in [5, 5.41) is 23.6. The third-order valence-electron chi connectivity index (χ3n) is 4.09. The quantitative estimate of drug-likeness (QED) is 0.278. The van der Waals surface area contributed by atoms with E-state index in [1.165, 1.54) is 12.1 Å². The van der Waals surface area contributed by atoms with Crippen molar-refractivity contribution in [2.45, 2.75) is 51.2 Å². The van der Waals surface area contributed by atoms with Gasteiger partial charge >= 0.3 is 5.97 Å². The number of carbonyl (C=O) groups excluding carboxylic acids is 3. The molecule has 0 fully saturated rings. The smallest absolute Gasteiger partial charge is 0.326 e. The number of carbonyl (C=O) groups is 4. The number of phenolic OH excluding ortho intramolecular Hbond substituents is 1. The van der Waals surface area contributed by atoms with E-state index in [4.69, 9.17) is 11.5 Å². The van der Waals surface area contributed by atoms with Crippen LogP contribution in [0.5, 0.6) is 5.75 Å². The molecule has 0 aliphatic rings. The SMILES string of the molecule is CC(C)C[C@H](NC(=O)[C@H](Cc1ccc(O)cc1)NC(=O)[C@@H](N)CC(N)=O)C(=O)O. The van der Waals surface area contributed by atoms with Crippen LogP contribution in [0, 0.1) is 5.92 Å². The number of aliphatic carboxylic acids is 1. The highest BCUT2D eigenvalue weighted by Crippen LogP contribution is 2.12. The largest absolute Gasteiger partial charge is 0.508 e. The van der Waals surface area contributed by atoms with E-state index in [9.17, 15) is 29.4 Å². The average Bonchev–Trinajstić information content (AvgIpc) is 2.61. The van der Waals surface area contributed by atoms with Gasteiger partial charge in [0.15, 0.2) is 0 Å². The second kappa shape index (κ2) is 11.0. The predicted molar refractivity (Wildman–Crippen MR) is 105 cm³/mol. The number of nitrogens with two attached hydrogens (primary N) is 2. The van der Waals surface area contributed by atoms with Crippen molar-refractivity contribution in [2.24, 2.45) is 17.4 Å². The lowest BCUT2D eigenvalue weighted by molar-refractivity contribution is -0.142. The number of carboxylic acids is 1. The average molecular weight is 408 g/mol. The zero-order valence-corrected chi connectivity index (χ0v) is 16.4. The Hall–Kier alpha value is -3.14. The van der Waals surface area contributed by atoms with Crippen LogP contribution in [0.25, 0.3) is 0 Å². The molecule has 3 atom stereocenters. The van der Waals surface area contributed by atoms with Crippen molar-refractivity contribution < 1.29 is 29.4 Å². The summed E-state index contributed by atoms with van der Waals surface area (Å²) in [6, 6.07) is 2.46. The number of hydrogen-bond donors (Lipinski definition) is 6. The van der Waals surface area contributed by atoms with Gasteiger partial charge in [0.05, 0.1) is 12.5 Å². The molecule has 160 valence electrons. The normalized spacial score (nSPS) is 13.9. The molecule has 8 N–H and O–H groups in total. The molecule has 0 bridgehead atoms. The fourth-order valence-electron chi connectivity index (χ4n) is 2.63.